The standard InChI is InChI=1S/C15H22N2/c1-11(2)14-7-5-6-8-15(14)16-13-9-17(10-13)12(3)4/h5-8,11,13,16H,3,9-10H2,1-2,4H3. The minimum absolute atomic E-state index is 0.562. The first-order valence-corrected chi connectivity index (χ1v) is 6.34. The van der Waals surface area contributed by atoms with Crippen LogP contribution < -0.4 is 5.32 Å². The van der Waals surface area contributed by atoms with Crippen LogP contribution in [0.15, 0.2) is 36.5 Å². The van der Waals surface area contributed by atoms with E-state index in [9.17, 15) is 0 Å². The number of nitrogens with one attached hydrogen (secondary N) is 1. The van der Waals surface area contributed by atoms with E-state index in [-0.39, 0.29) is 0 Å². The molecular formula is C15H22N2. The number of hydrogen-bond donors (Lipinski definition) is 1. The van der Waals surface area contributed by atoms with Crippen LogP contribution in [-0.2, 0) is 0 Å². The number of para-hydroxylation sites is 1. The van der Waals surface area contributed by atoms with Crippen LogP contribution >= 0.6 is 0 Å². The summed E-state index contributed by atoms with van der Waals surface area (Å²) in [7, 11) is 0. The molecule has 0 spiro atoms. The lowest BCUT2D eigenvalue weighted by atomic mass is 9.99. The average Bonchev–Trinajstić information content (AvgIpc) is 2.22. The number of allylic oxidation sites excluding steroid dienone is 1. The van der Waals surface area contributed by atoms with E-state index in [1.807, 2.05) is 0 Å². The molecule has 0 amide bonds. The summed E-state index contributed by atoms with van der Waals surface area (Å²) >= 11 is 0. The zero-order valence-electron chi connectivity index (χ0n) is 11.0. The average molecular weight is 230 g/mol. The number of hydrogen-bond acceptors (Lipinski definition) is 2. The zero-order chi connectivity index (χ0) is 12.4. The van der Waals surface area contributed by atoms with Gasteiger partial charge in [-0.05, 0) is 24.5 Å². The molecule has 0 unspecified atom stereocenters. The summed E-state index contributed by atoms with van der Waals surface area (Å²) in [5, 5.41) is 3.63. The second-order valence-electron chi connectivity index (χ2n) is 5.22. The third-order valence-corrected chi connectivity index (χ3v) is 3.36. The highest BCUT2D eigenvalue weighted by molar-refractivity contribution is 5.53. The number of rotatable bonds is 4. The van der Waals surface area contributed by atoms with Crippen LogP contribution in [0.2, 0.25) is 0 Å². The quantitative estimate of drug-likeness (QED) is 0.852. The van der Waals surface area contributed by atoms with E-state index in [1.165, 1.54) is 16.9 Å². The molecule has 0 aliphatic carbocycles. The van der Waals surface area contributed by atoms with Gasteiger partial charge in [0.05, 0.1) is 6.04 Å². The van der Waals surface area contributed by atoms with Gasteiger partial charge in [-0.1, -0.05) is 38.6 Å². The van der Waals surface area contributed by atoms with Crippen LogP contribution in [0.4, 0.5) is 5.69 Å². The normalized spacial score (nSPS) is 15.9. The lowest BCUT2D eigenvalue weighted by molar-refractivity contribution is 0.216. The summed E-state index contributed by atoms with van der Waals surface area (Å²) in [4.78, 5) is 2.30. The molecule has 1 aliphatic rings. The van der Waals surface area contributed by atoms with Gasteiger partial charge >= 0.3 is 0 Å². The first kappa shape index (κ1) is 12.0. The van der Waals surface area contributed by atoms with Gasteiger partial charge in [0.15, 0.2) is 0 Å². The van der Waals surface area contributed by atoms with E-state index in [0.717, 1.165) is 13.1 Å². The Bertz CT molecular complexity index is 403. The van der Waals surface area contributed by atoms with Crippen LogP contribution in [0.25, 0.3) is 0 Å². The topological polar surface area (TPSA) is 15.3 Å². The summed E-state index contributed by atoms with van der Waals surface area (Å²) in [5.74, 6) is 0.566. The number of anilines is 1. The second kappa shape index (κ2) is 4.82. The minimum Gasteiger partial charge on any atom is -0.379 e. The highest BCUT2D eigenvalue weighted by Crippen LogP contribution is 2.26. The Morgan fingerprint density at radius 3 is 2.59 bits per heavy atom. The molecule has 0 aromatic heterocycles. The molecule has 92 valence electrons. The van der Waals surface area contributed by atoms with Crippen LogP contribution in [0.3, 0.4) is 0 Å². The Balaban J connectivity index is 1.99. The first-order valence-electron chi connectivity index (χ1n) is 6.34. The van der Waals surface area contributed by atoms with Crippen molar-refractivity contribution in [2.45, 2.75) is 32.7 Å². The molecule has 1 saturated heterocycles. The molecule has 2 rings (SSSR count). The number of likely N-dealkylation sites (tertiary alicyclic amines) is 1. The van der Waals surface area contributed by atoms with E-state index in [2.05, 4.69) is 61.8 Å². The predicted octanol–water partition coefficient (Wildman–Crippen LogP) is 3.44. The number of benzene rings is 1. The van der Waals surface area contributed by atoms with E-state index in [1.54, 1.807) is 0 Å². The molecule has 0 radical (unpaired) electrons. The van der Waals surface area contributed by atoms with Gasteiger partial charge in [0.25, 0.3) is 0 Å². The van der Waals surface area contributed by atoms with E-state index in [0.29, 0.717) is 12.0 Å². The summed E-state index contributed by atoms with van der Waals surface area (Å²) in [5.41, 5.74) is 3.86. The van der Waals surface area contributed by atoms with E-state index < -0.39 is 0 Å². The molecule has 0 bridgehead atoms. The summed E-state index contributed by atoms with van der Waals surface area (Å²) < 4.78 is 0. The summed E-state index contributed by atoms with van der Waals surface area (Å²) in [6.45, 7) is 12.6. The van der Waals surface area contributed by atoms with Crippen molar-refractivity contribution in [3.63, 3.8) is 0 Å². The zero-order valence-corrected chi connectivity index (χ0v) is 11.0. The molecule has 1 aliphatic heterocycles. The lowest BCUT2D eigenvalue weighted by Gasteiger charge is -2.42. The fourth-order valence-electron chi connectivity index (χ4n) is 2.23. The third kappa shape index (κ3) is 2.63. The Morgan fingerprint density at radius 2 is 2.00 bits per heavy atom. The SMILES string of the molecule is C=C(C)N1CC(Nc2ccccc2C(C)C)C1. The van der Waals surface area contributed by atoms with E-state index in [4.69, 9.17) is 0 Å². The van der Waals surface area contributed by atoms with Crippen molar-refractivity contribution in [1.29, 1.82) is 0 Å². The Hall–Kier alpha value is -1.44. The van der Waals surface area contributed by atoms with Crippen LogP contribution in [0.5, 0.6) is 0 Å². The van der Waals surface area contributed by atoms with Crippen molar-refractivity contribution < 1.29 is 0 Å². The van der Waals surface area contributed by atoms with Gasteiger partial charge in [0, 0.05) is 24.5 Å². The maximum atomic E-state index is 3.96. The van der Waals surface area contributed by atoms with Gasteiger partial charge in [-0.25, -0.2) is 0 Å². The molecule has 1 aromatic carbocycles. The molecule has 1 heterocycles. The molecule has 0 saturated carbocycles. The van der Waals surface area contributed by atoms with Crippen LogP contribution in [0, 0.1) is 0 Å². The van der Waals surface area contributed by atoms with Crippen molar-refractivity contribution in [2.24, 2.45) is 0 Å². The van der Waals surface area contributed by atoms with Crippen LogP contribution in [-0.4, -0.2) is 24.0 Å². The molecule has 1 N–H and O–H groups in total. The Labute approximate surface area is 104 Å². The smallest absolute Gasteiger partial charge is 0.0611 e. The van der Waals surface area contributed by atoms with Gasteiger partial charge in [-0.3, -0.25) is 0 Å². The van der Waals surface area contributed by atoms with Crippen LogP contribution in [0.1, 0.15) is 32.3 Å². The fraction of sp³-hybridized carbons (Fsp3) is 0.467. The van der Waals surface area contributed by atoms with Crippen molar-refractivity contribution in [3.8, 4) is 0 Å². The van der Waals surface area contributed by atoms with Crippen molar-refractivity contribution >= 4 is 5.69 Å². The maximum Gasteiger partial charge on any atom is 0.0611 e. The van der Waals surface area contributed by atoms with Gasteiger partial charge in [-0.2, -0.15) is 0 Å². The van der Waals surface area contributed by atoms with Gasteiger partial charge in [0.1, 0.15) is 0 Å². The Kier molecular flexibility index (Phi) is 3.41. The highest BCUT2D eigenvalue weighted by Gasteiger charge is 2.26. The van der Waals surface area contributed by atoms with E-state index >= 15 is 0 Å². The fourth-order valence-corrected chi connectivity index (χ4v) is 2.23. The van der Waals surface area contributed by atoms with Crippen molar-refractivity contribution in [1.82, 2.24) is 4.90 Å². The number of nitrogens with zero attached hydrogens (tertiary/aromatic N) is 1. The predicted molar refractivity (Wildman–Crippen MR) is 74.3 cm³/mol. The molecule has 1 fully saturated rings. The maximum absolute atomic E-state index is 3.96. The highest BCUT2D eigenvalue weighted by atomic mass is 15.2. The third-order valence-electron chi connectivity index (χ3n) is 3.36. The van der Waals surface area contributed by atoms with Gasteiger partial charge in [0.2, 0.25) is 0 Å². The molecular weight excluding hydrogens is 208 g/mol. The van der Waals surface area contributed by atoms with Crippen molar-refractivity contribution in [3.05, 3.63) is 42.1 Å². The lowest BCUT2D eigenvalue weighted by Crippen LogP contribution is -2.53. The molecule has 0 atom stereocenters. The monoisotopic (exact) mass is 230 g/mol. The second-order valence-corrected chi connectivity index (χ2v) is 5.22. The van der Waals surface area contributed by atoms with Gasteiger partial charge in [-0.15, -0.1) is 0 Å². The molecule has 2 heteroatoms. The summed E-state index contributed by atoms with van der Waals surface area (Å²) in [6, 6.07) is 9.16. The minimum atomic E-state index is 0.562. The largest absolute Gasteiger partial charge is 0.379 e. The summed E-state index contributed by atoms with van der Waals surface area (Å²) in [6.07, 6.45) is 0. The first-order chi connectivity index (χ1) is 8.08. The molecule has 2 nitrogen and oxygen atoms in total. The molecule has 17 heavy (non-hydrogen) atoms. The molecule has 1 aromatic rings. The Morgan fingerprint density at radius 1 is 1.35 bits per heavy atom. The van der Waals surface area contributed by atoms with Gasteiger partial charge < -0.3 is 10.2 Å². The van der Waals surface area contributed by atoms with Crippen molar-refractivity contribution in [2.75, 3.05) is 18.4 Å².